The van der Waals surface area contributed by atoms with Crippen molar-refractivity contribution in [2.75, 3.05) is 0 Å². The Hall–Kier alpha value is -1.88. The third kappa shape index (κ3) is 2.14. The average molecular weight is 234 g/mol. The average Bonchev–Trinajstić information content (AvgIpc) is 2.59. The smallest absolute Gasteiger partial charge is 0.335 e. The van der Waals surface area contributed by atoms with Gasteiger partial charge in [-0.3, -0.25) is 0 Å². The van der Waals surface area contributed by atoms with Crippen molar-refractivity contribution in [1.82, 2.24) is 9.55 Å². The minimum atomic E-state index is -1.75. The van der Waals surface area contributed by atoms with Crippen LogP contribution in [0.25, 0.3) is 11.0 Å². The van der Waals surface area contributed by atoms with Crippen LogP contribution in [0.2, 0.25) is 0 Å². The topological polar surface area (TPSA) is 75.3 Å². The number of aryl methyl sites for hydroxylation is 1. The quantitative estimate of drug-likeness (QED) is 0.829. The molecule has 5 heteroatoms. The molecule has 1 aromatic carbocycles. The van der Waals surface area contributed by atoms with Crippen molar-refractivity contribution < 1.29 is 15.0 Å². The second-order valence-corrected chi connectivity index (χ2v) is 4.43. The first-order valence-electron chi connectivity index (χ1n) is 5.26. The van der Waals surface area contributed by atoms with Gasteiger partial charge in [-0.05, 0) is 24.6 Å². The van der Waals surface area contributed by atoms with Gasteiger partial charge in [0, 0.05) is 13.5 Å². The molecule has 1 atom stereocenters. The number of carboxylic acid groups (broad SMARTS) is 1. The number of aromatic nitrogens is 2. The predicted octanol–water partition coefficient (Wildman–Crippen LogP) is 0.951. The Bertz CT molecular complexity index is 572. The number of hydrogen-bond donors (Lipinski definition) is 2. The van der Waals surface area contributed by atoms with Crippen molar-refractivity contribution in [2.45, 2.75) is 18.9 Å². The zero-order valence-electron chi connectivity index (χ0n) is 9.71. The Labute approximate surface area is 98.3 Å². The fourth-order valence-electron chi connectivity index (χ4n) is 1.76. The van der Waals surface area contributed by atoms with E-state index in [0.29, 0.717) is 0 Å². The zero-order chi connectivity index (χ0) is 12.6. The molecule has 1 aromatic heterocycles. The summed E-state index contributed by atoms with van der Waals surface area (Å²) in [6, 6.07) is 5.48. The minimum Gasteiger partial charge on any atom is -0.479 e. The molecule has 2 rings (SSSR count). The molecule has 0 spiro atoms. The number of imidazole rings is 1. The van der Waals surface area contributed by atoms with E-state index in [1.54, 1.807) is 18.5 Å². The van der Waals surface area contributed by atoms with Gasteiger partial charge < -0.3 is 14.8 Å². The molecular formula is C12H14N2O3. The fourth-order valence-corrected chi connectivity index (χ4v) is 1.76. The lowest BCUT2D eigenvalue weighted by atomic mass is 9.96. The minimum absolute atomic E-state index is 0.0643. The lowest BCUT2D eigenvalue weighted by Gasteiger charge is -2.17. The van der Waals surface area contributed by atoms with Crippen LogP contribution in [-0.4, -0.2) is 31.3 Å². The van der Waals surface area contributed by atoms with Crippen LogP contribution in [-0.2, 0) is 18.3 Å². The number of fused-ring (bicyclic) bond motifs is 1. The van der Waals surface area contributed by atoms with Crippen LogP contribution >= 0.6 is 0 Å². The molecule has 0 aliphatic carbocycles. The molecule has 1 unspecified atom stereocenters. The molecule has 1 heterocycles. The summed E-state index contributed by atoms with van der Waals surface area (Å²) in [4.78, 5) is 15.0. The van der Waals surface area contributed by atoms with Gasteiger partial charge in [0.1, 0.15) is 0 Å². The molecule has 0 aliphatic heterocycles. The highest BCUT2D eigenvalue weighted by atomic mass is 16.4. The molecule has 0 aliphatic rings. The summed E-state index contributed by atoms with van der Waals surface area (Å²) in [7, 11) is 1.89. The first-order valence-corrected chi connectivity index (χ1v) is 5.26. The number of carbonyl (C=O) groups is 1. The van der Waals surface area contributed by atoms with Gasteiger partial charge in [-0.1, -0.05) is 6.07 Å². The Morgan fingerprint density at radius 1 is 1.53 bits per heavy atom. The van der Waals surface area contributed by atoms with Crippen LogP contribution in [0.1, 0.15) is 12.5 Å². The lowest BCUT2D eigenvalue weighted by Crippen LogP contribution is -2.37. The molecule has 2 N–H and O–H groups in total. The lowest BCUT2D eigenvalue weighted by molar-refractivity contribution is -0.156. The summed E-state index contributed by atoms with van der Waals surface area (Å²) < 4.78 is 1.88. The van der Waals surface area contributed by atoms with Gasteiger partial charge in [0.05, 0.1) is 17.4 Å². The Kier molecular flexibility index (Phi) is 2.63. The maximum absolute atomic E-state index is 10.8. The maximum Gasteiger partial charge on any atom is 0.335 e. The summed E-state index contributed by atoms with van der Waals surface area (Å²) in [6.45, 7) is 1.29. The monoisotopic (exact) mass is 234 g/mol. The Balaban J connectivity index is 2.34. The first kappa shape index (κ1) is 11.6. The SMILES string of the molecule is Cn1cnc2cc(CC(C)(O)C(=O)O)ccc21. The Morgan fingerprint density at radius 3 is 2.88 bits per heavy atom. The van der Waals surface area contributed by atoms with E-state index in [9.17, 15) is 9.90 Å². The molecule has 5 nitrogen and oxygen atoms in total. The van der Waals surface area contributed by atoms with Gasteiger partial charge in [0.15, 0.2) is 5.60 Å². The van der Waals surface area contributed by atoms with E-state index >= 15 is 0 Å². The molecule has 0 amide bonds. The van der Waals surface area contributed by atoms with Gasteiger partial charge in [-0.15, -0.1) is 0 Å². The summed E-state index contributed by atoms with van der Waals surface area (Å²) >= 11 is 0. The summed E-state index contributed by atoms with van der Waals surface area (Å²) in [6.07, 6.45) is 1.76. The summed E-state index contributed by atoms with van der Waals surface area (Å²) in [5.74, 6) is -1.22. The van der Waals surface area contributed by atoms with Crippen LogP contribution < -0.4 is 0 Å². The summed E-state index contributed by atoms with van der Waals surface area (Å²) in [5.41, 5.74) is 0.779. The highest BCUT2D eigenvalue weighted by Crippen LogP contribution is 2.18. The van der Waals surface area contributed by atoms with Crippen molar-refractivity contribution in [3.63, 3.8) is 0 Å². The van der Waals surface area contributed by atoms with Crippen molar-refractivity contribution in [1.29, 1.82) is 0 Å². The molecule has 0 bridgehead atoms. The zero-order valence-corrected chi connectivity index (χ0v) is 9.71. The predicted molar refractivity (Wildman–Crippen MR) is 62.7 cm³/mol. The number of rotatable bonds is 3. The third-order valence-electron chi connectivity index (χ3n) is 2.80. The van der Waals surface area contributed by atoms with Crippen LogP contribution in [0.4, 0.5) is 0 Å². The second-order valence-electron chi connectivity index (χ2n) is 4.43. The number of benzene rings is 1. The third-order valence-corrected chi connectivity index (χ3v) is 2.80. The fraction of sp³-hybridized carbons (Fsp3) is 0.333. The molecule has 0 saturated heterocycles. The normalized spacial score (nSPS) is 14.8. The molecule has 17 heavy (non-hydrogen) atoms. The second kappa shape index (κ2) is 3.85. The number of aliphatic hydroxyl groups is 1. The maximum atomic E-state index is 10.8. The van der Waals surface area contributed by atoms with Gasteiger partial charge >= 0.3 is 5.97 Å². The molecule has 2 aromatic rings. The number of carboxylic acids is 1. The van der Waals surface area contributed by atoms with E-state index in [0.717, 1.165) is 16.6 Å². The van der Waals surface area contributed by atoms with Gasteiger partial charge in [-0.25, -0.2) is 9.78 Å². The van der Waals surface area contributed by atoms with E-state index in [4.69, 9.17) is 5.11 Å². The van der Waals surface area contributed by atoms with E-state index in [1.807, 2.05) is 17.7 Å². The van der Waals surface area contributed by atoms with Crippen molar-refractivity contribution in [2.24, 2.45) is 7.05 Å². The van der Waals surface area contributed by atoms with Crippen LogP contribution in [0.5, 0.6) is 0 Å². The highest BCUT2D eigenvalue weighted by molar-refractivity contribution is 5.78. The molecule has 90 valence electrons. The van der Waals surface area contributed by atoms with E-state index < -0.39 is 11.6 Å². The van der Waals surface area contributed by atoms with Crippen molar-refractivity contribution in [3.05, 3.63) is 30.1 Å². The number of aliphatic carboxylic acids is 1. The molecular weight excluding hydrogens is 220 g/mol. The highest BCUT2D eigenvalue weighted by Gasteiger charge is 2.30. The van der Waals surface area contributed by atoms with Gasteiger partial charge in [-0.2, -0.15) is 0 Å². The van der Waals surface area contributed by atoms with E-state index in [1.165, 1.54) is 6.92 Å². The standard InChI is InChI=1S/C12H14N2O3/c1-12(17,11(15)16)6-8-3-4-10-9(5-8)13-7-14(10)2/h3-5,7,17H,6H2,1-2H3,(H,15,16). The molecule has 0 fully saturated rings. The first-order chi connectivity index (χ1) is 7.90. The van der Waals surface area contributed by atoms with Crippen molar-refractivity contribution >= 4 is 17.0 Å². The summed E-state index contributed by atoms with van der Waals surface area (Å²) in [5, 5.41) is 18.5. The van der Waals surface area contributed by atoms with Gasteiger partial charge in [0.25, 0.3) is 0 Å². The van der Waals surface area contributed by atoms with E-state index in [2.05, 4.69) is 4.98 Å². The number of nitrogens with zero attached hydrogens (tertiary/aromatic N) is 2. The van der Waals surface area contributed by atoms with Gasteiger partial charge in [0.2, 0.25) is 0 Å². The van der Waals surface area contributed by atoms with E-state index in [-0.39, 0.29) is 6.42 Å². The van der Waals surface area contributed by atoms with Crippen LogP contribution in [0.3, 0.4) is 0 Å². The van der Waals surface area contributed by atoms with Crippen LogP contribution in [0, 0.1) is 0 Å². The Morgan fingerprint density at radius 2 is 2.24 bits per heavy atom. The number of hydrogen-bond acceptors (Lipinski definition) is 3. The molecule has 0 saturated carbocycles. The molecule has 0 radical (unpaired) electrons. The largest absolute Gasteiger partial charge is 0.479 e. The van der Waals surface area contributed by atoms with Crippen molar-refractivity contribution in [3.8, 4) is 0 Å². The van der Waals surface area contributed by atoms with Crippen LogP contribution in [0.15, 0.2) is 24.5 Å².